The van der Waals surface area contributed by atoms with Crippen molar-refractivity contribution in [3.8, 4) is 0 Å². The number of carbonyl (C=O) groups is 1. The molecule has 2 aromatic rings. The number of hydrogen-bond acceptors (Lipinski definition) is 4. The second-order valence-corrected chi connectivity index (χ2v) is 5.77. The van der Waals surface area contributed by atoms with Gasteiger partial charge < -0.3 is 11.1 Å². The van der Waals surface area contributed by atoms with Crippen molar-refractivity contribution in [2.75, 3.05) is 11.1 Å². The summed E-state index contributed by atoms with van der Waals surface area (Å²) in [7, 11) is 0. The van der Waals surface area contributed by atoms with E-state index in [2.05, 4.69) is 10.3 Å². The molecule has 0 aliphatic heterocycles. The van der Waals surface area contributed by atoms with Crippen LogP contribution in [-0.4, -0.2) is 10.9 Å². The minimum Gasteiger partial charge on any atom is -0.375 e. The number of nitrogen functional groups attached to an aromatic ring is 1. The van der Waals surface area contributed by atoms with E-state index in [4.69, 9.17) is 5.73 Å². The second kappa shape index (κ2) is 4.57. The van der Waals surface area contributed by atoms with E-state index < -0.39 is 0 Å². The summed E-state index contributed by atoms with van der Waals surface area (Å²) in [5.74, 6) is 0.330. The standard InChI is InChI=1S/C13H15N3OS/c14-13-16-10-6-5-9(7-11(10)18-13)15-12(17)8-3-1-2-4-8/h5-8H,1-4H2,(H2,14,16)(H,15,17). The summed E-state index contributed by atoms with van der Waals surface area (Å²) >= 11 is 1.44. The Hall–Kier alpha value is -1.62. The first kappa shape index (κ1) is 11.5. The van der Waals surface area contributed by atoms with Gasteiger partial charge in [-0.1, -0.05) is 24.2 Å². The first-order valence-corrected chi connectivity index (χ1v) is 7.01. The fraction of sp³-hybridized carbons (Fsp3) is 0.385. The molecule has 0 unspecified atom stereocenters. The normalized spacial score (nSPS) is 16.2. The van der Waals surface area contributed by atoms with Crippen molar-refractivity contribution >= 4 is 38.3 Å². The highest BCUT2D eigenvalue weighted by Crippen LogP contribution is 2.29. The lowest BCUT2D eigenvalue weighted by molar-refractivity contribution is -0.119. The number of nitrogens with zero attached hydrogens (tertiary/aromatic N) is 1. The molecule has 1 saturated carbocycles. The molecule has 1 heterocycles. The number of benzene rings is 1. The molecule has 1 aliphatic carbocycles. The van der Waals surface area contributed by atoms with E-state index in [-0.39, 0.29) is 11.8 Å². The van der Waals surface area contributed by atoms with Crippen molar-refractivity contribution in [1.29, 1.82) is 0 Å². The molecule has 18 heavy (non-hydrogen) atoms. The summed E-state index contributed by atoms with van der Waals surface area (Å²) in [6, 6.07) is 5.72. The van der Waals surface area contributed by atoms with Crippen molar-refractivity contribution < 1.29 is 4.79 Å². The van der Waals surface area contributed by atoms with Crippen LogP contribution in [-0.2, 0) is 4.79 Å². The smallest absolute Gasteiger partial charge is 0.227 e. The Kier molecular flexibility index (Phi) is 2.91. The topological polar surface area (TPSA) is 68.0 Å². The molecular weight excluding hydrogens is 246 g/mol. The van der Waals surface area contributed by atoms with E-state index in [9.17, 15) is 4.79 Å². The van der Waals surface area contributed by atoms with Crippen LogP contribution in [0.25, 0.3) is 10.2 Å². The summed E-state index contributed by atoms with van der Waals surface area (Å²) in [5.41, 5.74) is 7.38. The van der Waals surface area contributed by atoms with Gasteiger partial charge in [-0.05, 0) is 31.0 Å². The first-order valence-electron chi connectivity index (χ1n) is 6.19. The Balaban J connectivity index is 1.79. The number of thiazole rings is 1. The highest BCUT2D eigenvalue weighted by Gasteiger charge is 2.22. The summed E-state index contributed by atoms with van der Waals surface area (Å²) in [4.78, 5) is 16.2. The van der Waals surface area contributed by atoms with Crippen LogP contribution in [0.1, 0.15) is 25.7 Å². The number of nitrogens with two attached hydrogens (primary N) is 1. The third-order valence-electron chi connectivity index (χ3n) is 3.40. The van der Waals surface area contributed by atoms with Gasteiger partial charge in [0.05, 0.1) is 10.2 Å². The van der Waals surface area contributed by atoms with E-state index in [1.165, 1.54) is 24.2 Å². The summed E-state index contributed by atoms with van der Waals surface area (Å²) in [6.45, 7) is 0. The Morgan fingerprint density at radius 2 is 2.17 bits per heavy atom. The van der Waals surface area contributed by atoms with Gasteiger partial charge >= 0.3 is 0 Å². The van der Waals surface area contributed by atoms with Gasteiger partial charge in [-0.3, -0.25) is 4.79 Å². The molecule has 3 N–H and O–H groups in total. The van der Waals surface area contributed by atoms with Crippen molar-refractivity contribution in [2.24, 2.45) is 5.92 Å². The van der Waals surface area contributed by atoms with Crippen LogP contribution in [0.5, 0.6) is 0 Å². The minimum atomic E-state index is 0.143. The summed E-state index contributed by atoms with van der Waals surface area (Å²) in [5, 5.41) is 3.54. The zero-order chi connectivity index (χ0) is 12.5. The van der Waals surface area contributed by atoms with Crippen LogP contribution in [0.15, 0.2) is 18.2 Å². The van der Waals surface area contributed by atoms with Gasteiger partial charge in [0, 0.05) is 11.6 Å². The Labute approximate surface area is 109 Å². The predicted molar refractivity (Wildman–Crippen MR) is 74.6 cm³/mol. The van der Waals surface area contributed by atoms with Gasteiger partial charge in [-0.25, -0.2) is 4.98 Å². The van der Waals surface area contributed by atoms with E-state index in [1.807, 2.05) is 18.2 Å². The van der Waals surface area contributed by atoms with Crippen molar-refractivity contribution in [2.45, 2.75) is 25.7 Å². The number of carbonyl (C=O) groups excluding carboxylic acids is 1. The Morgan fingerprint density at radius 1 is 1.39 bits per heavy atom. The van der Waals surface area contributed by atoms with Gasteiger partial charge in [0.2, 0.25) is 5.91 Å². The average molecular weight is 261 g/mol. The van der Waals surface area contributed by atoms with Crippen molar-refractivity contribution in [1.82, 2.24) is 4.98 Å². The lowest BCUT2D eigenvalue weighted by atomic mass is 10.1. The molecule has 0 radical (unpaired) electrons. The van der Waals surface area contributed by atoms with Gasteiger partial charge in [-0.2, -0.15) is 0 Å². The highest BCUT2D eigenvalue weighted by atomic mass is 32.1. The highest BCUT2D eigenvalue weighted by molar-refractivity contribution is 7.22. The molecule has 0 bridgehead atoms. The molecule has 1 aromatic heterocycles. The number of rotatable bonds is 2. The quantitative estimate of drug-likeness (QED) is 0.873. The van der Waals surface area contributed by atoms with Crippen LogP contribution in [0.2, 0.25) is 0 Å². The molecule has 5 heteroatoms. The van der Waals surface area contributed by atoms with Crippen LogP contribution in [0.3, 0.4) is 0 Å². The molecule has 1 fully saturated rings. The fourth-order valence-corrected chi connectivity index (χ4v) is 3.23. The monoisotopic (exact) mass is 261 g/mol. The molecule has 94 valence electrons. The maximum Gasteiger partial charge on any atom is 0.227 e. The molecule has 1 aliphatic rings. The van der Waals surface area contributed by atoms with E-state index in [0.29, 0.717) is 5.13 Å². The SMILES string of the molecule is Nc1nc2ccc(NC(=O)C3CCCC3)cc2s1. The number of hydrogen-bond donors (Lipinski definition) is 2. The third kappa shape index (κ3) is 2.18. The molecule has 1 aromatic carbocycles. The van der Waals surface area contributed by atoms with Crippen LogP contribution < -0.4 is 11.1 Å². The number of aromatic nitrogens is 1. The second-order valence-electron chi connectivity index (χ2n) is 4.71. The summed E-state index contributed by atoms with van der Waals surface area (Å²) < 4.78 is 1.01. The van der Waals surface area contributed by atoms with Crippen LogP contribution >= 0.6 is 11.3 Å². The van der Waals surface area contributed by atoms with Crippen LogP contribution in [0.4, 0.5) is 10.8 Å². The number of fused-ring (bicyclic) bond motifs is 1. The number of nitrogens with one attached hydrogen (secondary N) is 1. The Morgan fingerprint density at radius 3 is 2.94 bits per heavy atom. The van der Waals surface area contributed by atoms with Crippen molar-refractivity contribution in [3.63, 3.8) is 0 Å². The zero-order valence-corrected chi connectivity index (χ0v) is 10.8. The van der Waals surface area contributed by atoms with Crippen molar-refractivity contribution in [3.05, 3.63) is 18.2 Å². The zero-order valence-electron chi connectivity index (χ0n) is 9.98. The molecule has 1 amide bonds. The molecule has 3 rings (SSSR count). The Bertz CT molecular complexity index is 587. The van der Waals surface area contributed by atoms with Gasteiger partial charge in [-0.15, -0.1) is 0 Å². The molecule has 4 nitrogen and oxygen atoms in total. The fourth-order valence-electron chi connectivity index (χ4n) is 2.45. The maximum atomic E-state index is 12.0. The molecule has 0 spiro atoms. The maximum absolute atomic E-state index is 12.0. The first-order chi connectivity index (χ1) is 8.72. The van der Waals surface area contributed by atoms with Gasteiger partial charge in [0.25, 0.3) is 0 Å². The molecular formula is C13H15N3OS. The lowest BCUT2D eigenvalue weighted by Crippen LogP contribution is -2.20. The largest absolute Gasteiger partial charge is 0.375 e. The third-order valence-corrected chi connectivity index (χ3v) is 4.25. The van der Waals surface area contributed by atoms with Gasteiger partial charge in [0.1, 0.15) is 0 Å². The molecule has 0 saturated heterocycles. The predicted octanol–water partition coefficient (Wildman–Crippen LogP) is 3.01. The number of amides is 1. The average Bonchev–Trinajstić information content (AvgIpc) is 2.95. The molecule has 0 atom stereocenters. The van der Waals surface area contributed by atoms with E-state index >= 15 is 0 Å². The van der Waals surface area contributed by atoms with Gasteiger partial charge in [0.15, 0.2) is 5.13 Å². The van der Waals surface area contributed by atoms with E-state index in [0.717, 1.165) is 28.7 Å². The lowest BCUT2D eigenvalue weighted by Gasteiger charge is -2.10. The number of anilines is 2. The van der Waals surface area contributed by atoms with E-state index in [1.54, 1.807) is 0 Å². The van der Waals surface area contributed by atoms with Crippen LogP contribution in [0, 0.1) is 5.92 Å². The minimum absolute atomic E-state index is 0.143. The summed E-state index contributed by atoms with van der Waals surface area (Å²) in [6.07, 6.45) is 4.37.